The molecular formula is C15H33NO2. The summed E-state index contributed by atoms with van der Waals surface area (Å²) in [5.41, 5.74) is 0.0978. The van der Waals surface area contributed by atoms with Gasteiger partial charge >= 0.3 is 0 Å². The summed E-state index contributed by atoms with van der Waals surface area (Å²) in [5.74, 6) is 0.131. The number of ether oxygens (including phenoxy) is 1. The van der Waals surface area contributed by atoms with Gasteiger partial charge in [0, 0.05) is 26.1 Å². The zero-order chi connectivity index (χ0) is 15.0. The number of nitrogens with zero attached hydrogens (tertiary/aromatic N) is 1. The lowest BCUT2D eigenvalue weighted by atomic mass is 10.0. The lowest BCUT2D eigenvalue weighted by Gasteiger charge is -2.33. The first-order valence-corrected chi connectivity index (χ1v) is 6.92. The molecule has 0 aromatic rings. The van der Waals surface area contributed by atoms with Crippen LogP contribution >= 0.6 is 0 Å². The monoisotopic (exact) mass is 259 g/mol. The molecule has 0 N–H and O–H groups in total. The van der Waals surface area contributed by atoms with Crippen molar-refractivity contribution in [3.8, 4) is 0 Å². The summed E-state index contributed by atoms with van der Waals surface area (Å²) in [4.78, 5) is 12.6. The molecule has 0 aliphatic carbocycles. The van der Waals surface area contributed by atoms with E-state index in [0.29, 0.717) is 0 Å². The van der Waals surface area contributed by atoms with Gasteiger partial charge in [-0.25, -0.2) is 0 Å². The van der Waals surface area contributed by atoms with Crippen molar-refractivity contribution in [1.29, 1.82) is 0 Å². The third-order valence-electron chi connectivity index (χ3n) is 3.63. The number of rotatable bonds is 5. The van der Waals surface area contributed by atoms with Gasteiger partial charge in [0.1, 0.15) is 0 Å². The van der Waals surface area contributed by atoms with Gasteiger partial charge in [-0.2, -0.15) is 0 Å². The Morgan fingerprint density at radius 2 is 1.50 bits per heavy atom. The zero-order valence-electron chi connectivity index (χ0n) is 13.9. The largest absolute Gasteiger partial charge is 0.376 e. The van der Waals surface area contributed by atoms with Crippen LogP contribution in [0.4, 0.5) is 0 Å². The van der Waals surface area contributed by atoms with E-state index in [9.17, 15) is 4.79 Å². The van der Waals surface area contributed by atoms with E-state index in [0.717, 1.165) is 19.4 Å². The smallest absolute Gasteiger partial charge is 0.219 e. The molecule has 0 aromatic heterocycles. The third kappa shape index (κ3) is 8.51. The molecule has 3 heteroatoms. The highest BCUT2D eigenvalue weighted by atomic mass is 16.5. The molecule has 0 aromatic carbocycles. The fourth-order valence-electron chi connectivity index (χ4n) is 1.16. The molecule has 0 spiro atoms. The minimum atomic E-state index is 0.00579. The second kappa shape index (κ2) is 8.52. The van der Waals surface area contributed by atoms with Gasteiger partial charge in [-0.3, -0.25) is 4.79 Å². The van der Waals surface area contributed by atoms with Crippen molar-refractivity contribution in [2.75, 3.05) is 13.7 Å². The molecule has 0 bridgehead atoms. The van der Waals surface area contributed by atoms with E-state index in [2.05, 4.69) is 41.5 Å². The second-order valence-corrected chi connectivity index (χ2v) is 5.79. The molecule has 0 rings (SSSR count). The Morgan fingerprint density at radius 1 is 1.06 bits per heavy atom. The van der Waals surface area contributed by atoms with Crippen LogP contribution in [0, 0.1) is 0 Å². The van der Waals surface area contributed by atoms with Crippen LogP contribution in [-0.4, -0.2) is 35.6 Å². The molecule has 1 amide bonds. The number of carbonyl (C=O) groups is 1. The average molecular weight is 259 g/mol. The van der Waals surface area contributed by atoms with Gasteiger partial charge in [0.15, 0.2) is 0 Å². The third-order valence-corrected chi connectivity index (χ3v) is 3.63. The molecule has 18 heavy (non-hydrogen) atoms. The van der Waals surface area contributed by atoms with Crippen LogP contribution in [0.1, 0.15) is 68.2 Å². The van der Waals surface area contributed by atoms with Gasteiger partial charge in [-0.1, -0.05) is 13.8 Å². The normalized spacial score (nSPS) is 11.6. The summed E-state index contributed by atoms with van der Waals surface area (Å²) < 4.78 is 5.38. The van der Waals surface area contributed by atoms with E-state index in [1.54, 1.807) is 11.8 Å². The summed E-state index contributed by atoms with van der Waals surface area (Å²) in [6.45, 7) is 17.0. The standard InChI is InChI=1S/C8H17NO.C7H16O/c1-6-8(3,4)9(5)7(2)10;1-5-7(3,4)8-6-2/h6H2,1-5H3;5-6H2,1-4H3. The van der Waals surface area contributed by atoms with Gasteiger partial charge < -0.3 is 9.64 Å². The SMILES string of the molecule is CCC(C)(C)N(C)C(C)=O.CCOC(C)(C)CC. The number of hydrogen-bond acceptors (Lipinski definition) is 2. The molecule has 0 saturated carbocycles. The Kier molecular flexibility index (Phi) is 9.35. The van der Waals surface area contributed by atoms with Crippen LogP contribution in [0.5, 0.6) is 0 Å². The maximum atomic E-state index is 10.9. The highest BCUT2D eigenvalue weighted by Gasteiger charge is 2.22. The van der Waals surface area contributed by atoms with E-state index in [1.807, 2.05) is 14.0 Å². The number of carbonyl (C=O) groups excluding carboxylic acids is 1. The van der Waals surface area contributed by atoms with E-state index in [-0.39, 0.29) is 17.0 Å². The average Bonchev–Trinajstić information content (AvgIpc) is 2.28. The topological polar surface area (TPSA) is 29.5 Å². The number of amides is 1. The lowest BCUT2D eigenvalue weighted by molar-refractivity contribution is -0.132. The Labute approximate surface area is 114 Å². The van der Waals surface area contributed by atoms with Crippen LogP contribution in [0.25, 0.3) is 0 Å². The highest BCUT2D eigenvalue weighted by molar-refractivity contribution is 5.73. The Balaban J connectivity index is 0. The molecule has 0 radical (unpaired) electrons. The maximum Gasteiger partial charge on any atom is 0.219 e. The van der Waals surface area contributed by atoms with Gasteiger partial charge in [-0.15, -0.1) is 0 Å². The minimum absolute atomic E-state index is 0.00579. The lowest BCUT2D eigenvalue weighted by Crippen LogP contribution is -2.43. The molecule has 0 atom stereocenters. The van der Waals surface area contributed by atoms with Crippen molar-refractivity contribution in [2.45, 2.75) is 79.4 Å². The van der Waals surface area contributed by atoms with Gasteiger partial charge in [0.25, 0.3) is 0 Å². The zero-order valence-corrected chi connectivity index (χ0v) is 13.9. The predicted octanol–water partition coefficient (Wildman–Crippen LogP) is 3.86. The second-order valence-electron chi connectivity index (χ2n) is 5.79. The fourth-order valence-corrected chi connectivity index (χ4v) is 1.16. The summed E-state index contributed by atoms with van der Waals surface area (Å²) >= 11 is 0. The molecule has 0 aliphatic rings. The predicted molar refractivity (Wildman–Crippen MR) is 78.8 cm³/mol. The van der Waals surface area contributed by atoms with Crippen molar-refractivity contribution < 1.29 is 9.53 Å². The van der Waals surface area contributed by atoms with Crippen molar-refractivity contribution in [3.63, 3.8) is 0 Å². The van der Waals surface area contributed by atoms with Gasteiger partial charge in [0.05, 0.1) is 5.60 Å². The van der Waals surface area contributed by atoms with E-state index in [4.69, 9.17) is 4.74 Å². The molecule has 0 saturated heterocycles. The minimum Gasteiger partial charge on any atom is -0.376 e. The van der Waals surface area contributed by atoms with Gasteiger partial charge in [0.2, 0.25) is 5.91 Å². The summed E-state index contributed by atoms with van der Waals surface area (Å²) in [7, 11) is 1.84. The Hall–Kier alpha value is -0.570. The maximum absolute atomic E-state index is 10.9. The fraction of sp³-hybridized carbons (Fsp3) is 0.933. The van der Waals surface area contributed by atoms with Crippen molar-refractivity contribution >= 4 is 5.91 Å². The molecule has 110 valence electrons. The Morgan fingerprint density at radius 3 is 1.61 bits per heavy atom. The molecule has 0 heterocycles. The van der Waals surface area contributed by atoms with Crippen LogP contribution in [0.15, 0.2) is 0 Å². The van der Waals surface area contributed by atoms with Crippen molar-refractivity contribution in [1.82, 2.24) is 4.90 Å². The molecule has 0 aliphatic heterocycles. The number of hydrogen-bond donors (Lipinski definition) is 0. The Bertz CT molecular complexity index is 235. The van der Waals surface area contributed by atoms with Crippen LogP contribution in [0.3, 0.4) is 0 Å². The quantitative estimate of drug-likeness (QED) is 0.750. The first kappa shape index (κ1) is 19.8. The summed E-state index contributed by atoms with van der Waals surface area (Å²) in [6.07, 6.45) is 2.07. The highest BCUT2D eigenvalue weighted by Crippen LogP contribution is 2.15. The van der Waals surface area contributed by atoms with Crippen LogP contribution in [-0.2, 0) is 9.53 Å². The molecule has 0 fully saturated rings. The summed E-state index contributed by atoms with van der Waals surface area (Å²) in [5, 5.41) is 0. The summed E-state index contributed by atoms with van der Waals surface area (Å²) in [6, 6.07) is 0. The van der Waals surface area contributed by atoms with E-state index < -0.39 is 0 Å². The first-order valence-electron chi connectivity index (χ1n) is 6.92. The van der Waals surface area contributed by atoms with Crippen molar-refractivity contribution in [3.05, 3.63) is 0 Å². The van der Waals surface area contributed by atoms with E-state index in [1.165, 1.54) is 0 Å². The van der Waals surface area contributed by atoms with Crippen LogP contribution in [0.2, 0.25) is 0 Å². The van der Waals surface area contributed by atoms with Crippen molar-refractivity contribution in [2.24, 2.45) is 0 Å². The van der Waals surface area contributed by atoms with Crippen LogP contribution < -0.4 is 0 Å². The molecule has 3 nitrogen and oxygen atoms in total. The van der Waals surface area contributed by atoms with E-state index >= 15 is 0 Å². The molecular weight excluding hydrogens is 226 g/mol. The first-order chi connectivity index (χ1) is 8.04. The van der Waals surface area contributed by atoms with Gasteiger partial charge in [-0.05, 0) is 47.5 Å². The molecule has 0 unspecified atom stereocenters.